The van der Waals surface area contributed by atoms with Crippen LogP contribution in [0.2, 0.25) is 5.02 Å². The number of fused-ring (bicyclic) bond motifs is 1. The maximum atomic E-state index is 14.3. The lowest BCUT2D eigenvalue weighted by atomic mass is 10.1. The number of rotatable bonds is 10. The topological polar surface area (TPSA) is 46.9 Å². The summed E-state index contributed by atoms with van der Waals surface area (Å²) in [6, 6.07) is 12.7. The third-order valence-electron chi connectivity index (χ3n) is 4.99. The number of benzene rings is 2. The van der Waals surface area contributed by atoms with Crippen LogP contribution in [-0.4, -0.2) is 22.0 Å². The molecule has 0 aliphatic heterocycles. The standard InChI is InChI=1S/C23H27ClFN3O/c1-2-9-23(29)26-15-7-3-4-14-22-27-20-12-5-6-13-21(20)28(22)16-17-18(24)10-8-11-19(17)25/h5-6,8,10-13H,2-4,7,9,14-16H2,1H3,(H,26,29). The number of aryl methyl sites for hydroxylation is 1. The zero-order valence-electron chi connectivity index (χ0n) is 16.8. The van der Waals surface area contributed by atoms with Gasteiger partial charge in [-0.15, -0.1) is 0 Å². The second-order valence-electron chi connectivity index (χ2n) is 7.21. The predicted molar refractivity (Wildman–Crippen MR) is 116 cm³/mol. The van der Waals surface area contributed by atoms with Gasteiger partial charge in [0.15, 0.2) is 0 Å². The van der Waals surface area contributed by atoms with Crippen molar-refractivity contribution in [2.75, 3.05) is 6.54 Å². The summed E-state index contributed by atoms with van der Waals surface area (Å²) in [6.45, 7) is 3.06. The SMILES string of the molecule is CCCC(=O)NCCCCCc1nc2ccccc2n1Cc1c(F)cccc1Cl. The Morgan fingerprint density at radius 2 is 1.97 bits per heavy atom. The van der Waals surface area contributed by atoms with Crippen molar-refractivity contribution < 1.29 is 9.18 Å². The molecule has 0 radical (unpaired) electrons. The molecule has 1 aromatic heterocycles. The fourth-order valence-corrected chi connectivity index (χ4v) is 3.69. The third kappa shape index (κ3) is 5.57. The fraction of sp³-hybridized carbons (Fsp3) is 0.391. The van der Waals surface area contributed by atoms with E-state index >= 15 is 0 Å². The highest BCUT2D eigenvalue weighted by atomic mass is 35.5. The number of unbranched alkanes of at least 4 members (excludes halogenated alkanes) is 2. The number of para-hydroxylation sites is 2. The van der Waals surface area contributed by atoms with Gasteiger partial charge in [-0.05, 0) is 43.5 Å². The molecule has 0 atom stereocenters. The first kappa shape index (κ1) is 21.3. The largest absolute Gasteiger partial charge is 0.356 e. The fourth-order valence-electron chi connectivity index (χ4n) is 3.46. The number of hydrogen-bond acceptors (Lipinski definition) is 2. The highest BCUT2D eigenvalue weighted by molar-refractivity contribution is 6.31. The molecule has 0 saturated carbocycles. The molecule has 154 valence electrons. The molecule has 0 aliphatic carbocycles. The van der Waals surface area contributed by atoms with Crippen LogP contribution in [0.15, 0.2) is 42.5 Å². The maximum absolute atomic E-state index is 14.3. The first-order valence-electron chi connectivity index (χ1n) is 10.2. The zero-order valence-corrected chi connectivity index (χ0v) is 17.5. The molecule has 0 spiro atoms. The minimum absolute atomic E-state index is 0.121. The number of amides is 1. The van der Waals surface area contributed by atoms with Crippen molar-refractivity contribution in [1.82, 2.24) is 14.9 Å². The summed E-state index contributed by atoms with van der Waals surface area (Å²) in [7, 11) is 0. The van der Waals surface area contributed by atoms with Crippen LogP contribution >= 0.6 is 11.6 Å². The smallest absolute Gasteiger partial charge is 0.219 e. The summed E-state index contributed by atoms with van der Waals surface area (Å²) in [5, 5.41) is 3.37. The van der Waals surface area contributed by atoms with E-state index in [1.165, 1.54) is 6.07 Å². The Kier molecular flexibility index (Phi) is 7.64. The van der Waals surface area contributed by atoms with Gasteiger partial charge in [0.1, 0.15) is 11.6 Å². The van der Waals surface area contributed by atoms with Gasteiger partial charge in [0.25, 0.3) is 0 Å². The Hall–Kier alpha value is -2.40. The molecule has 1 N–H and O–H groups in total. The molecule has 3 rings (SSSR count). The Morgan fingerprint density at radius 1 is 1.14 bits per heavy atom. The number of nitrogens with zero attached hydrogens (tertiary/aromatic N) is 2. The molecule has 3 aromatic rings. The number of carbonyl (C=O) groups is 1. The van der Waals surface area contributed by atoms with Crippen molar-refractivity contribution in [3.8, 4) is 0 Å². The number of imidazole rings is 1. The van der Waals surface area contributed by atoms with E-state index in [0.29, 0.717) is 30.1 Å². The van der Waals surface area contributed by atoms with Gasteiger partial charge in [0, 0.05) is 30.0 Å². The highest BCUT2D eigenvalue weighted by Gasteiger charge is 2.14. The van der Waals surface area contributed by atoms with E-state index in [9.17, 15) is 9.18 Å². The number of hydrogen-bond donors (Lipinski definition) is 1. The van der Waals surface area contributed by atoms with Gasteiger partial charge in [-0.25, -0.2) is 9.37 Å². The average molecular weight is 416 g/mol. The van der Waals surface area contributed by atoms with E-state index in [4.69, 9.17) is 16.6 Å². The molecule has 1 heterocycles. The van der Waals surface area contributed by atoms with Gasteiger partial charge in [-0.1, -0.05) is 43.1 Å². The van der Waals surface area contributed by atoms with E-state index in [0.717, 1.165) is 49.0 Å². The van der Waals surface area contributed by atoms with Crippen LogP contribution in [0, 0.1) is 5.82 Å². The van der Waals surface area contributed by atoms with Gasteiger partial charge in [0.05, 0.1) is 17.6 Å². The highest BCUT2D eigenvalue weighted by Crippen LogP contribution is 2.24. The van der Waals surface area contributed by atoms with Crippen LogP contribution in [0.5, 0.6) is 0 Å². The monoisotopic (exact) mass is 415 g/mol. The van der Waals surface area contributed by atoms with E-state index in [-0.39, 0.29) is 11.7 Å². The molecule has 0 fully saturated rings. The molecule has 6 heteroatoms. The van der Waals surface area contributed by atoms with E-state index < -0.39 is 0 Å². The Bertz CT molecular complexity index is 950. The van der Waals surface area contributed by atoms with Gasteiger partial charge < -0.3 is 9.88 Å². The van der Waals surface area contributed by atoms with Crippen molar-refractivity contribution in [1.29, 1.82) is 0 Å². The first-order valence-corrected chi connectivity index (χ1v) is 10.6. The second-order valence-corrected chi connectivity index (χ2v) is 7.62. The van der Waals surface area contributed by atoms with Gasteiger partial charge in [-0.2, -0.15) is 0 Å². The summed E-state index contributed by atoms with van der Waals surface area (Å²) in [6.07, 6.45) is 5.14. The quantitative estimate of drug-likeness (QED) is 0.444. The third-order valence-corrected chi connectivity index (χ3v) is 5.34. The van der Waals surface area contributed by atoms with Crippen molar-refractivity contribution >= 4 is 28.5 Å². The minimum Gasteiger partial charge on any atom is -0.356 e. The van der Waals surface area contributed by atoms with Crippen molar-refractivity contribution in [3.05, 3.63) is 64.7 Å². The van der Waals surface area contributed by atoms with Gasteiger partial charge in [-0.3, -0.25) is 4.79 Å². The summed E-state index contributed by atoms with van der Waals surface area (Å²) in [5.74, 6) is 0.751. The molecule has 29 heavy (non-hydrogen) atoms. The van der Waals surface area contributed by atoms with Gasteiger partial charge >= 0.3 is 0 Å². The molecular formula is C23H27ClFN3O. The lowest BCUT2D eigenvalue weighted by Crippen LogP contribution is -2.23. The van der Waals surface area contributed by atoms with Crippen molar-refractivity contribution in [2.24, 2.45) is 0 Å². The molecule has 0 aliphatic rings. The predicted octanol–water partition coefficient (Wildman–Crippen LogP) is 5.51. The van der Waals surface area contributed by atoms with E-state index in [1.54, 1.807) is 12.1 Å². The minimum atomic E-state index is -0.302. The average Bonchev–Trinajstić information content (AvgIpc) is 3.05. The Morgan fingerprint density at radius 3 is 2.76 bits per heavy atom. The zero-order chi connectivity index (χ0) is 20.6. The first-order chi connectivity index (χ1) is 14.1. The molecule has 0 unspecified atom stereocenters. The molecule has 1 amide bonds. The molecule has 0 saturated heterocycles. The summed E-state index contributed by atoms with van der Waals surface area (Å²) in [5.41, 5.74) is 2.37. The number of halogens is 2. The van der Waals surface area contributed by atoms with Crippen molar-refractivity contribution in [2.45, 2.75) is 52.0 Å². The van der Waals surface area contributed by atoms with Crippen LogP contribution in [0.1, 0.15) is 50.4 Å². The van der Waals surface area contributed by atoms with E-state index in [1.807, 2.05) is 31.2 Å². The number of nitrogens with one attached hydrogen (secondary N) is 1. The number of aromatic nitrogens is 2. The summed E-state index contributed by atoms with van der Waals surface area (Å²) in [4.78, 5) is 16.3. The van der Waals surface area contributed by atoms with Gasteiger partial charge in [0.2, 0.25) is 5.91 Å². The normalized spacial score (nSPS) is 11.1. The van der Waals surface area contributed by atoms with Crippen LogP contribution in [0.3, 0.4) is 0 Å². The van der Waals surface area contributed by atoms with E-state index in [2.05, 4.69) is 9.88 Å². The van der Waals surface area contributed by atoms with Crippen LogP contribution in [0.25, 0.3) is 11.0 Å². The maximum Gasteiger partial charge on any atom is 0.219 e. The molecule has 2 aromatic carbocycles. The van der Waals surface area contributed by atoms with Crippen LogP contribution in [0.4, 0.5) is 4.39 Å². The van der Waals surface area contributed by atoms with Crippen LogP contribution < -0.4 is 5.32 Å². The lowest BCUT2D eigenvalue weighted by molar-refractivity contribution is -0.121. The summed E-state index contributed by atoms with van der Waals surface area (Å²) < 4.78 is 16.4. The molecule has 4 nitrogen and oxygen atoms in total. The molecular weight excluding hydrogens is 389 g/mol. The molecule has 0 bridgehead atoms. The number of carbonyl (C=O) groups excluding carboxylic acids is 1. The Labute approximate surface area is 176 Å². The van der Waals surface area contributed by atoms with Crippen LogP contribution in [-0.2, 0) is 17.8 Å². The second kappa shape index (κ2) is 10.4. The lowest BCUT2D eigenvalue weighted by Gasteiger charge is -2.12. The Balaban J connectivity index is 1.67. The summed E-state index contributed by atoms with van der Waals surface area (Å²) >= 11 is 6.25. The van der Waals surface area contributed by atoms with Crippen molar-refractivity contribution in [3.63, 3.8) is 0 Å².